The maximum atomic E-state index is 12.8. The molecular formula is C25H23N3O5. The van der Waals surface area contributed by atoms with Crippen molar-refractivity contribution in [3.8, 4) is 17.2 Å². The molecule has 0 atom stereocenters. The Hall–Kier alpha value is -4.20. The minimum atomic E-state index is -0.509. The Bertz CT molecular complexity index is 1370. The molecule has 33 heavy (non-hydrogen) atoms. The average molecular weight is 445 g/mol. The van der Waals surface area contributed by atoms with Crippen LogP contribution >= 0.6 is 0 Å². The minimum Gasteiger partial charge on any atom is -0.495 e. The number of amides is 1. The van der Waals surface area contributed by atoms with Crippen molar-refractivity contribution >= 4 is 28.4 Å². The Balaban J connectivity index is 1.68. The number of nitrogens with zero attached hydrogens (tertiary/aromatic N) is 2. The molecule has 1 heterocycles. The Morgan fingerprint density at radius 1 is 1.12 bits per heavy atom. The lowest BCUT2D eigenvalue weighted by atomic mass is 10.0. The topological polar surface area (TPSA) is 108 Å². The normalized spacial score (nSPS) is 11.1. The molecule has 0 aliphatic carbocycles. The highest BCUT2D eigenvalue weighted by Crippen LogP contribution is 2.33. The average Bonchev–Trinajstić information content (AvgIpc) is 3.22. The van der Waals surface area contributed by atoms with E-state index >= 15 is 0 Å². The van der Waals surface area contributed by atoms with Crippen LogP contribution in [-0.2, 0) is 0 Å². The molecule has 0 unspecified atom stereocenters. The fraction of sp³-hybridized carbons (Fsp3) is 0.200. The summed E-state index contributed by atoms with van der Waals surface area (Å²) in [5.74, 6) is 0.726. The Morgan fingerprint density at radius 2 is 1.91 bits per heavy atom. The zero-order valence-electron chi connectivity index (χ0n) is 18.7. The molecule has 8 heteroatoms. The van der Waals surface area contributed by atoms with Crippen LogP contribution in [0.3, 0.4) is 0 Å². The van der Waals surface area contributed by atoms with Crippen molar-refractivity contribution in [3.05, 3.63) is 81.4 Å². The van der Waals surface area contributed by atoms with Gasteiger partial charge in [0.2, 0.25) is 5.89 Å². The number of hydrogen-bond acceptors (Lipinski definition) is 6. The second-order valence-corrected chi connectivity index (χ2v) is 8.03. The molecule has 4 rings (SSSR count). The number of fused-ring (bicyclic) bond motifs is 1. The van der Waals surface area contributed by atoms with Gasteiger partial charge in [-0.25, -0.2) is 4.98 Å². The van der Waals surface area contributed by atoms with E-state index in [4.69, 9.17) is 9.15 Å². The second kappa shape index (κ2) is 8.74. The largest absolute Gasteiger partial charge is 0.495 e. The summed E-state index contributed by atoms with van der Waals surface area (Å²) in [4.78, 5) is 28.2. The van der Waals surface area contributed by atoms with Gasteiger partial charge in [0.25, 0.3) is 11.6 Å². The van der Waals surface area contributed by atoms with E-state index in [9.17, 15) is 14.9 Å². The number of anilines is 1. The van der Waals surface area contributed by atoms with Crippen molar-refractivity contribution in [3.63, 3.8) is 0 Å². The first-order valence-electron chi connectivity index (χ1n) is 10.4. The van der Waals surface area contributed by atoms with Gasteiger partial charge in [0.1, 0.15) is 11.3 Å². The van der Waals surface area contributed by atoms with E-state index in [-0.39, 0.29) is 11.3 Å². The monoisotopic (exact) mass is 445 g/mol. The first-order valence-corrected chi connectivity index (χ1v) is 10.4. The number of nitro groups is 1. The van der Waals surface area contributed by atoms with Crippen LogP contribution in [0.1, 0.15) is 41.3 Å². The minimum absolute atomic E-state index is 0.115. The molecule has 0 bridgehead atoms. The fourth-order valence-electron chi connectivity index (χ4n) is 3.51. The predicted octanol–water partition coefficient (Wildman–Crippen LogP) is 6.10. The van der Waals surface area contributed by atoms with Gasteiger partial charge in [-0.05, 0) is 54.8 Å². The Kier molecular flexibility index (Phi) is 5.83. The molecule has 1 aromatic heterocycles. The lowest BCUT2D eigenvalue weighted by Gasteiger charge is -2.11. The molecule has 0 saturated heterocycles. The van der Waals surface area contributed by atoms with E-state index in [1.165, 1.54) is 13.2 Å². The molecule has 168 valence electrons. The number of nitrogens with one attached hydrogen (secondary N) is 1. The third-order valence-corrected chi connectivity index (χ3v) is 5.44. The molecular weight excluding hydrogens is 422 g/mol. The van der Waals surface area contributed by atoms with E-state index in [1.54, 1.807) is 37.3 Å². The number of methoxy groups -OCH3 is 1. The van der Waals surface area contributed by atoms with E-state index in [1.807, 2.05) is 18.2 Å². The van der Waals surface area contributed by atoms with Gasteiger partial charge in [-0.3, -0.25) is 14.9 Å². The number of oxazole rings is 1. The number of nitro benzene ring substituents is 1. The Morgan fingerprint density at radius 3 is 2.61 bits per heavy atom. The van der Waals surface area contributed by atoms with Crippen LogP contribution < -0.4 is 10.1 Å². The highest BCUT2D eigenvalue weighted by atomic mass is 16.6. The van der Waals surface area contributed by atoms with E-state index < -0.39 is 10.8 Å². The van der Waals surface area contributed by atoms with Gasteiger partial charge in [0, 0.05) is 22.8 Å². The van der Waals surface area contributed by atoms with Crippen molar-refractivity contribution in [1.82, 2.24) is 4.98 Å². The van der Waals surface area contributed by atoms with Crippen molar-refractivity contribution in [2.45, 2.75) is 26.7 Å². The number of aryl methyl sites for hydroxylation is 1. The number of carbonyl (C=O) groups is 1. The maximum absolute atomic E-state index is 12.8. The molecule has 0 radical (unpaired) electrons. The molecule has 0 saturated carbocycles. The van der Waals surface area contributed by atoms with E-state index in [0.717, 1.165) is 11.1 Å². The number of carbonyl (C=O) groups excluding carboxylic acids is 1. The van der Waals surface area contributed by atoms with E-state index in [2.05, 4.69) is 24.1 Å². The summed E-state index contributed by atoms with van der Waals surface area (Å²) in [6.45, 7) is 5.85. The van der Waals surface area contributed by atoms with Crippen molar-refractivity contribution in [1.29, 1.82) is 0 Å². The maximum Gasteiger partial charge on any atom is 0.273 e. The van der Waals surface area contributed by atoms with Crippen LogP contribution in [0.2, 0.25) is 0 Å². The van der Waals surface area contributed by atoms with Gasteiger partial charge in [0.15, 0.2) is 5.58 Å². The summed E-state index contributed by atoms with van der Waals surface area (Å²) in [6, 6.07) is 15.5. The highest BCUT2D eigenvalue weighted by molar-refractivity contribution is 6.05. The van der Waals surface area contributed by atoms with Crippen LogP contribution in [0.5, 0.6) is 5.75 Å². The first-order chi connectivity index (χ1) is 15.8. The summed E-state index contributed by atoms with van der Waals surface area (Å²) in [6.07, 6.45) is 0. The summed E-state index contributed by atoms with van der Waals surface area (Å²) in [7, 11) is 1.49. The van der Waals surface area contributed by atoms with Crippen LogP contribution in [0.15, 0.2) is 59.0 Å². The zero-order valence-corrected chi connectivity index (χ0v) is 18.7. The number of rotatable bonds is 6. The standard InChI is InChI=1S/C25H23N3O5/c1-14(2)16-7-10-23-20(11-16)27-25(33-23)18-8-9-22(32-4)19(12-18)26-24(29)17-6-5-15(3)21(13-17)28(30)31/h5-14H,1-4H3,(H,26,29). The summed E-state index contributed by atoms with van der Waals surface area (Å²) in [5, 5.41) is 14.0. The first kappa shape index (κ1) is 22.0. The van der Waals surface area contributed by atoms with Gasteiger partial charge in [-0.1, -0.05) is 26.0 Å². The molecule has 4 aromatic rings. The molecule has 1 amide bonds. The lowest BCUT2D eigenvalue weighted by molar-refractivity contribution is -0.385. The number of aromatic nitrogens is 1. The fourth-order valence-corrected chi connectivity index (χ4v) is 3.51. The molecule has 8 nitrogen and oxygen atoms in total. The molecule has 0 aliphatic heterocycles. The third kappa shape index (κ3) is 4.41. The third-order valence-electron chi connectivity index (χ3n) is 5.44. The van der Waals surface area contributed by atoms with Crippen LogP contribution in [-0.4, -0.2) is 22.9 Å². The zero-order chi connectivity index (χ0) is 23.7. The van der Waals surface area contributed by atoms with Crippen LogP contribution in [0.25, 0.3) is 22.6 Å². The van der Waals surface area contributed by atoms with Gasteiger partial charge >= 0.3 is 0 Å². The number of hydrogen-bond donors (Lipinski definition) is 1. The predicted molar refractivity (Wildman–Crippen MR) is 126 cm³/mol. The summed E-state index contributed by atoms with van der Waals surface area (Å²) in [5.41, 5.74) is 4.17. The van der Waals surface area contributed by atoms with Crippen LogP contribution in [0.4, 0.5) is 11.4 Å². The van der Waals surface area contributed by atoms with Crippen molar-refractivity contribution < 1.29 is 18.9 Å². The van der Waals surface area contributed by atoms with Crippen molar-refractivity contribution in [2.24, 2.45) is 0 Å². The van der Waals surface area contributed by atoms with E-state index in [0.29, 0.717) is 40.0 Å². The smallest absolute Gasteiger partial charge is 0.273 e. The van der Waals surface area contributed by atoms with Gasteiger partial charge in [-0.15, -0.1) is 0 Å². The van der Waals surface area contributed by atoms with Gasteiger partial charge in [-0.2, -0.15) is 0 Å². The lowest BCUT2D eigenvalue weighted by Crippen LogP contribution is -2.13. The molecule has 1 N–H and O–H groups in total. The highest BCUT2D eigenvalue weighted by Gasteiger charge is 2.18. The van der Waals surface area contributed by atoms with Gasteiger partial charge in [0.05, 0.1) is 17.7 Å². The second-order valence-electron chi connectivity index (χ2n) is 8.03. The summed E-state index contributed by atoms with van der Waals surface area (Å²) >= 11 is 0. The molecule has 0 spiro atoms. The number of benzene rings is 3. The summed E-state index contributed by atoms with van der Waals surface area (Å²) < 4.78 is 11.3. The Labute approximate surface area is 190 Å². The molecule has 3 aromatic carbocycles. The van der Waals surface area contributed by atoms with Gasteiger partial charge < -0.3 is 14.5 Å². The van der Waals surface area contributed by atoms with Crippen LogP contribution in [0, 0.1) is 17.0 Å². The van der Waals surface area contributed by atoms with Crippen molar-refractivity contribution in [2.75, 3.05) is 12.4 Å². The molecule has 0 aliphatic rings. The quantitative estimate of drug-likeness (QED) is 0.284. The SMILES string of the molecule is COc1ccc(-c2nc3cc(C(C)C)ccc3o2)cc1NC(=O)c1ccc(C)c([N+](=O)[O-])c1. The number of ether oxygens (including phenoxy) is 1. The molecule has 0 fully saturated rings.